The molecule has 0 aliphatic carbocycles. The second kappa shape index (κ2) is 1.52. The summed E-state index contributed by atoms with van der Waals surface area (Å²) in [5, 5.41) is 5.61. The molecule has 0 spiro atoms. The zero-order valence-electron chi connectivity index (χ0n) is 4.55. The van der Waals surface area contributed by atoms with Crippen molar-refractivity contribution in [2.24, 2.45) is 11.0 Å². The Labute approximate surface area is 43.8 Å². The van der Waals surface area contributed by atoms with Crippen LogP contribution in [0.25, 0.3) is 0 Å². The quantitative estimate of drug-likeness (QED) is 0.431. The lowest BCUT2D eigenvalue weighted by atomic mass is 10.2. The molecular formula is C5H8N2. The van der Waals surface area contributed by atoms with E-state index in [4.69, 9.17) is 0 Å². The second-order valence-corrected chi connectivity index (χ2v) is 1.74. The van der Waals surface area contributed by atoms with Crippen LogP contribution in [0.1, 0.15) is 6.92 Å². The maximum Gasteiger partial charge on any atom is 0.0891 e. The Bertz CT molecular complexity index is 78.1. The zero-order chi connectivity index (χ0) is 5.28. The van der Waals surface area contributed by atoms with Crippen LogP contribution in [0.3, 0.4) is 0 Å². The second-order valence-electron chi connectivity index (χ2n) is 1.74. The van der Waals surface area contributed by atoms with Crippen molar-refractivity contribution in [3.63, 3.8) is 0 Å². The molecule has 7 heavy (non-hydrogen) atoms. The van der Waals surface area contributed by atoms with Crippen molar-refractivity contribution in [1.82, 2.24) is 5.01 Å². The molecular weight excluding hydrogens is 88.1 g/mol. The van der Waals surface area contributed by atoms with E-state index in [1.165, 1.54) is 0 Å². The Morgan fingerprint density at radius 1 is 1.86 bits per heavy atom. The summed E-state index contributed by atoms with van der Waals surface area (Å²) in [7, 11) is 1.90. The minimum atomic E-state index is 0.407. The summed E-state index contributed by atoms with van der Waals surface area (Å²) in [5.41, 5.74) is 0. The molecule has 2 heteroatoms. The molecule has 1 atom stereocenters. The van der Waals surface area contributed by atoms with Crippen LogP contribution in [-0.2, 0) is 0 Å². The maximum absolute atomic E-state index is 3.84. The average molecular weight is 96.1 g/mol. The van der Waals surface area contributed by atoms with E-state index in [1.807, 2.05) is 20.5 Å². The van der Waals surface area contributed by atoms with Gasteiger partial charge in [-0.3, -0.25) is 5.01 Å². The molecule has 0 aromatic heterocycles. The maximum atomic E-state index is 3.84. The van der Waals surface area contributed by atoms with Gasteiger partial charge in [0.15, 0.2) is 0 Å². The highest BCUT2D eigenvalue weighted by molar-refractivity contribution is 5.63. The minimum Gasteiger partial charge on any atom is -0.294 e. The zero-order valence-corrected chi connectivity index (χ0v) is 4.55. The van der Waals surface area contributed by atoms with Crippen LogP contribution < -0.4 is 0 Å². The van der Waals surface area contributed by atoms with Crippen molar-refractivity contribution in [2.45, 2.75) is 6.92 Å². The van der Waals surface area contributed by atoms with E-state index in [-0.39, 0.29) is 0 Å². The van der Waals surface area contributed by atoms with Crippen LogP contribution in [0.2, 0.25) is 0 Å². The van der Waals surface area contributed by atoms with Gasteiger partial charge in [0.2, 0.25) is 0 Å². The van der Waals surface area contributed by atoms with E-state index < -0.39 is 0 Å². The number of rotatable bonds is 0. The van der Waals surface area contributed by atoms with Gasteiger partial charge in [0, 0.05) is 13.0 Å². The van der Waals surface area contributed by atoms with E-state index in [9.17, 15) is 0 Å². The molecule has 38 valence electrons. The topological polar surface area (TPSA) is 15.6 Å². The van der Waals surface area contributed by atoms with Crippen LogP contribution in [-0.4, -0.2) is 18.3 Å². The van der Waals surface area contributed by atoms with E-state index in [0.717, 1.165) is 0 Å². The molecule has 0 fully saturated rings. The van der Waals surface area contributed by atoms with Crippen molar-refractivity contribution < 1.29 is 0 Å². The monoisotopic (exact) mass is 96.1 g/mol. The number of nitrogens with zero attached hydrogens (tertiary/aromatic N) is 2. The van der Waals surface area contributed by atoms with Gasteiger partial charge in [0.1, 0.15) is 0 Å². The Kier molecular flexibility index (Phi) is 1.01. The predicted octanol–water partition coefficient (Wildman–Crippen LogP) is 0.592. The van der Waals surface area contributed by atoms with Crippen molar-refractivity contribution in [1.29, 1.82) is 0 Å². The first-order chi connectivity index (χ1) is 3.29. The number of hydrogen-bond donors (Lipinski definition) is 0. The first kappa shape index (κ1) is 4.62. The average Bonchev–Trinajstić information content (AvgIpc) is 1.87. The molecule has 0 saturated carbocycles. The van der Waals surface area contributed by atoms with Gasteiger partial charge in [-0.05, 0) is 0 Å². The van der Waals surface area contributed by atoms with Crippen LogP contribution in [0.15, 0.2) is 5.10 Å². The Hall–Kier alpha value is -0.530. The SMILES string of the molecule is CC1[C]=NN(C)[CH]1. The lowest BCUT2D eigenvalue weighted by molar-refractivity contribution is 0.438. The Balaban J connectivity index is 2.42. The van der Waals surface area contributed by atoms with Crippen molar-refractivity contribution in [2.75, 3.05) is 7.05 Å². The van der Waals surface area contributed by atoms with Gasteiger partial charge in [0.25, 0.3) is 0 Å². The fraction of sp³-hybridized carbons (Fsp3) is 0.600. The van der Waals surface area contributed by atoms with Gasteiger partial charge >= 0.3 is 0 Å². The molecule has 0 aromatic carbocycles. The van der Waals surface area contributed by atoms with Gasteiger partial charge in [-0.15, -0.1) is 0 Å². The largest absolute Gasteiger partial charge is 0.294 e. The van der Waals surface area contributed by atoms with Crippen LogP contribution >= 0.6 is 0 Å². The third-order valence-corrected chi connectivity index (χ3v) is 0.858. The fourth-order valence-electron chi connectivity index (χ4n) is 0.572. The Morgan fingerprint density at radius 2 is 2.57 bits per heavy atom. The highest BCUT2D eigenvalue weighted by atomic mass is 15.4. The van der Waals surface area contributed by atoms with E-state index in [1.54, 1.807) is 5.01 Å². The van der Waals surface area contributed by atoms with E-state index >= 15 is 0 Å². The summed E-state index contributed by atoms with van der Waals surface area (Å²) in [6.45, 7) is 4.05. The molecule has 1 heterocycles. The highest BCUT2D eigenvalue weighted by Gasteiger charge is 2.08. The molecule has 0 amide bonds. The van der Waals surface area contributed by atoms with Crippen LogP contribution in [0.4, 0.5) is 0 Å². The minimum absolute atomic E-state index is 0.407. The first-order valence-electron chi connectivity index (χ1n) is 2.33. The van der Waals surface area contributed by atoms with E-state index in [2.05, 4.69) is 11.3 Å². The van der Waals surface area contributed by atoms with Gasteiger partial charge in [0.05, 0.1) is 12.8 Å². The van der Waals surface area contributed by atoms with Gasteiger partial charge in [-0.2, -0.15) is 5.10 Å². The Morgan fingerprint density at radius 3 is 2.71 bits per heavy atom. The summed E-state index contributed by atoms with van der Waals surface area (Å²) in [6.07, 6.45) is 2.86. The molecule has 1 unspecified atom stereocenters. The van der Waals surface area contributed by atoms with Gasteiger partial charge in [-0.1, -0.05) is 6.92 Å². The molecule has 0 N–H and O–H groups in total. The normalized spacial score (nSPS) is 29.4. The molecule has 0 bridgehead atoms. The van der Waals surface area contributed by atoms with E-state index in [0.29, 0.717) is 5.92 Å². The van der Waals surface area contributed by atoms with Crippen molar-refractivity contribution in [3.8, 4) is 0 Å². The summed E-state index contributed by atoms with van der Waals surface area (Å²) < 4.78 is 0. The predicted molar refractivity (Wildman–Crippen MR) is 28.7 cm³/mol. The number of hydrogen-bond acceptors (Lipinski definition) is 2. The fourth-order valence-corrected chi connectivity index (χ4v) is 0.572. The lowest BCUT2D eigenvalue weighted by Gasteiger charge is -2.02. The molecule has 1 aliphatic heterocycles. The van der Waals surface area contributed by atoms with Crippen molar-refractivity contribution in [3.05, 3.63) is 6.54 Å². The molecule has 1 aliphatic rings. The smallest absolute Gasteiger partial charge is 0.0891 e. The summed E-state index contributed by atoms with van der Waals surface area (Å²) >= 11 is 0. The third kappa shape index (κ3) is 0.918. The molecule has 0 aromatic rings. The van der Waals surface area contributed by atoms with Crippen molar-refractivity contribution >= 4 is 6.21 Å². The van der Waals surface area contributed by atoms with Crippen LogP contribution in [0, 0.1) is 12.5 Å². The standard InChI is InChI=1S/C5H8N2/c1-5-3-6-7(2)4-5/h4-5H,1-2H3. The molecule has 1 rings (SSSR count). The third-order valence-electron chi connectivity index (χ3n) is 0.858. The van der Waals surface area contributed by atoms with Gasteiger partial charge in [-0.25, -0.2) is 0 Å². The summed E-state index contributed by atoms with van der Waals surface area (Å²) in [6, 6.07) is 0. The number of hydrazone groups is 1. The first-order valence-corrected chi connectivity index (χ1v) is 2.33. The molecule has 2 radical (unpaired) electrons. The molecule has 2 nitrogen and oxygen atoms in total. The highest BCUT2D eigenvalue weighted by Crippen LogP contribution is 2.07. The molecule has 0 saturated heterocycles. The van der Waals surface area contributed by atoms with Gasteiger partial charge < -0.3 is 0 Å². The lowest BCUT2D eigenvalue weighted by Crippen LogP contribution is -2.02. The van der Waals surface area contributed by atoms with Crippen LogP contribution in [0.5, 0.6) is 0 Å². The summed E-state index contributed by atoms with van der Waals surface area (Å²) in [5.74, 6) is 0.407. The summed E-state index contributed by atoms with van der Waals surface area (Å²) in [4.78, 5) is 0.